The van der Waals surface area contributed by atoms with Crippen LogP contribution in [0.25, 0.3) is 5.69 Å². The fraction of sp³-hybridized carbons (Fsp3) is 0.148. The zero-order chi connectivity index (χ0) is 24.5. The van der Waals surface area contributed by atoms with Crippen LogP contribution in [0.15, 0.2) is 96.4 Å². The number of amides is 2. The van der Waals surface area contributed by atoms with Crippen LogP contribution < -0.4 is 15.4 Å². The summed E-state index contributed by atoms with van der Waals surface area (Å²) < 4.78 is 7.45. The maximum absolute atomic E-state index is 12.5. The van der Waals surface area contributed by atoms with E-state index in [-0.39, 0.29) is 17.6 Å². The molecule has 0 saturated carbocycles. The quantitative estimate of drug-likeness (QED) is 0.311. The zero-order valence-electron chi connectivity index (χ0n) is 19.3. The number of carbonyl (C=O) groups excluding carboxylic acids is 2. The molecular weight excluding hydrogens is 460 g/mol. The number of para-hydroxylation sites is 2. The number of hydrogen-bond acceptors (Lipinski definition) is 5. The molecule has 178 valence electrons. The average molecular weight is 487 g/mol. The third-order valence-electron chi connectivity index (χ3n) is 5.10. The summed E-state index contributed by atoms with van der Waals surface area (Å²) in [5, 5.41) is 6.50. The Morgan fingerprint density at radius 3 is 2.49 bits per heavy atom. The van der Waals surface area contributed by atoms with E-state index in [0.29, 0.717) is 35.3 Å². The molecule has 0 aliphatic rings. The first-order chi connectivity index (χ1) is 17.1. The molecule has 0 atom stereocenters. The summed E-state index contributed by atoms with van der Waals surface area (Å²) in [6.07, 6.45) is 3.51. The van der Waals surface area contributed by atoms with Crippen molar-refractivity contribution >= 4 is 29.3 Å². The number of hydrogen-bond donors (Lipinski definition) is 2. The number of rotatable bonds is 10. The molecule has 7 nitrogen and oxygen atoms in total. The summed E-state index contributed by atoms with van der Waals surface area (Å²) >= 11 is 1.33. The molecule has 0 spiro atoms. The van der Waals surface area contributed by atoms with E-state index in [1.54, 1.807) is 18.3 Å². The number of aromatic nitrogens is 2. The van der Waals surface area contributed by atoms with Gasteiger partial charge in [0.05, 0.1) is 18.0 Å². The molecule has 35 heavy (non-hydrogen) atoms. The van der Waals surface area contributed by atoms with E-state index >= 15 is 0 Å². The Morgan fingerprint density at radius 1 is 0.971 bits per heavy atom. The van der Waals surface area contributed by atoms with Crippen LogP contribution in [-0.2, 0) is 11.3 Å². The van der Waals surface area contributed by atoms with Gasteiger partial charge in [-0.15, -0.1) is 0 Å². The molecule has 2 amide bonds. The molecule has 1 heterocycles. The van der Waals surface area contributed by atoms with Crippen molar-refractivity contribution in [2.24, 2.45) is 0 Å². The van der Waals surface area contributed by atoms with E-state index in [4.69, 9.17) is 4.74 Å². The monoisotopic (exact) mass is 486 g/mol. The van der Waals surface area contributed by atoms with E-state index < -0.39 is 0 Å². The molecular formula is C27H26N4O3S. The number of imidazole rings is 1. The molecule has 4 aromatic rings. The molecule has 2 N–H and O–H groups in total. The maximum Gasteiger partial charge on any atom is 0.251 e. The summed E-state index contributed by atoms with van der Waals surface area (Å²) in [7, 11) is 0. The molecule has 0 radical (unpaired) electrons. The van der Waals surface area contributed by atoms with Crippen molar-refractivity contribution in [2.75, 3.05) is 17.7 Å². The van der Waals surface area contributed by atoms with Crippen molar-refractivity contribution in [3.05, 3.63) is 102 Å². The van der Waals surface area contributed by atoms with Gasteiger partial charge in [0.15, 0.2) is 5.16 Å². The number of nitrogens with one attached hydrogen (secondary N) is 2. The van der Waals surface area contributed by atoms with Crippen molar-refractivity contribution in [2.45, 2.75) is 18.6 Å². The van der Waals surface area contributed by atoms with Gasteiger partial charge in [0.2, 0.25) is 5.91 Å². The van der Waals surface area contributed by atoms with Crippen LogP contribution in [0.3, 0.4) is 0 Å². The second kappa shape index (κ2) is 11.9. The van der Waals surface area contributed by atoms with Crippen LogP contribution in [0.5, 0.6) is 5.75 Å². The van der Waals surface area contributed by atoms with Gasteiger partial charge in [0.25, 0.3) is 5.91 Å². The van der Waals surface area contributed by atoms with E-state index in [2.05, 4.69) is 15.6 Å². The molecule has 0 unspecified atom stereocenters. The zero-order valence-corrected chi connectivity index (χ0v) is 20.1. The van der Waals surface area contributed by atoms with E-state index in [9.17, 15) is 9.59 Å². The highest BCUT2D eigenvalue weighted by Crippen LogP contribution is 2.25. The van der Waals surface area contributed by atoms with E-state index in [0.717, 1.165) is 11.3 Å². The lowest BCUT2D eigenvalue weighted by Crippen LogP contribution is -2.22. The Labute approximate surface area is 208 Å². The first kappa shape index (κ1) is 24.1. The lowest BCUT2D eigenvalue weighted by atomic mass is 10.1. The highest BCUT2D eigenvalue weighted by Gasteiger charge is 2.12. The van der Waals surface area contributed by atoms with E-state index in [1.807, 2.05) is 84.4 Å². The van der Waals surface area contributed by atoms with Crippen molar-refractivity contribution in [1.29, 1.82) is 0 Å². The first-order valence-corrected chi connectivity index (χ1v) is 12.2. The molecule has 0 aliphatic heterocycles. The van der Waals surface area contributed by atoms with Gasteiger partial charge in [0, 0.05) is 30.2 Å². The lowest BCUT2D eigenvalue weighted by molar-refractivity contribution is -0.113. The highest BCUT2D eigenvalue weighted by molar-refractivity contribution is 7.99. The minimum atomic E-state index is -0.151. The van der Waals surface area contributed by atoms with E-state index in [1.165, 1.54) is 11.8 Å². The summed E-state index contributed by atoms with van der Waals surface area (Å²) in [6, 6.07) is 24.4. The summed E-state index contributed by atoms with van der Waals surface area (Å²) in [6.45, 7) is 2.89. The van der Waals surface area contributed by atoms with Gasteiger partial charge < -0.3 is 15.4 Å². The lowest BCUT2D eigenvalue weighted by Gasteiger charge is -2.11. The van der Waals surface area contributed by atoms with Gasteiger partial charge in [-0.25, -0.2) is 4.98 Å². The van der Waals surface area contributed by atoms with Gasteiger partial charge in [-0.05, 0) is 48.9 Å². The molecule has 0 fully saturated rings. The standard InChI is InChI=1S/C27H26N4O3S/c1-2-34-24-11-7-6-10-23(24)30-25(32)19-35-27-28-16-17-31(27)22-14-12-21(13-15-22)26(33)29-18-20-8-4-3-5-9-20/h3-17H,2,18-19H2,1H3,(H,29,33)(H,30,32). The maximum atomic E-state index is 12.5. The predicted molar refractivity (Wildman–Crippen MR) is 138 cm³/mol. The SMILES string of the molecule is CCOc1ccccc1NC(=O)CSc1nccn1-c1ccc(C(=O)NCc2ccccc2)cc1. The fourth-order valence-corrected chi connectivity index (χ4v) is 4.19. The Kier molecular flexibility index (Phi) is 8.19. The van der Waals surface area contributed by atoms with Crippen LogP contribution in [0.4, 0.5) is 5.69 Å². The van der Waals surface area contributed by atoms with Gasteiger partial charge in [-0.1, -0.05) is 54.2 Å². The molecule has 8 heteroatoms. The number of carbonyl (C=O) groups is 2. The second-order valence-corrected chi connectivity index (χ2v) is 8.50. The van der Waals surface area contributed by atoms with Crippen LogP contribution in [0.1, 0.15) is 22.8 Å². The minimum Gasteiger partial charge on any atom is -0.492 e. The summed E-state index contributed by atoms with van der Waals surface area (Å²) in [4.78, 5) is 29.4. The largest absolute Gasteiger partial charge is 0.492 e. The predicted octanol–water partition coefficient (Wildman–Crippen LogP) is 4.93. The average Bonchev–Trinajstić information content (AvgIpc) is 3.37. The highest BCUT2D eigenvalue weighted by atomic mass is 32.2. The summed E-state index contributed by atoms with van der Waals surface area (Å²) in [5.74, 6) is 0.548. The van der Waals surface area contributed by atoms with Crippen LogP contribution in [-0.4, -0.2) is 33.7 Å². The van der Waals surface area contributed by atoms with Crippen molar-refractivity contribution < 1.29 is 14.3 Å². The van der Waals surface area contributed by atoms with Gasteiger partial charge in [-0.2, -0.15) is 0 Å². The second-order valence-electron chi connectivity index (χ2n) is 7.56. The number of thioether (sulfide) groups is 1. The smallest absolute Gasteiger partial charge is 0.251 e. The number of anilines is 1. The first-order valence-electron chi connectivity index (χ1n) is 11.2. The van der Waals surface area contributed by atoms with Gasteiger partial charge in [-0.3, -0.25) is 14.2 Å². The Bertz CT molecular complexity index is 1270. The minimum absolute atomic E-state index is 0.135. The van der Waals surface area contributed by atoms with Crippen molar-refractivity contribution in [1.82, 2.24) is 14.9 Å². The van der Waals surface area contributed by atoms with Crippen LogP contribution in [0, 0.1) is 0 Å². The third kappa shape index (κ3) is 6.51. The molecule has 0 aliphatic carbocycles. The number of nitrogens with zero attached hydrogens (tertiary/aromatic N) is 2. The van der Waals surface area contributed by atoms with Crippen LogP contribution in [0.2, 0.25) is 0 Å². The molecule has 3 aromatic carbocycles. The Hall–Kier alpha value is -4.04. The molecule has 0 saturated heterocycles. The summed E-state index contributed by atoms with van der Waals surface area (Å²) in [5.41, 5.74) is 3.12. The Morgan fingerprint density at radius 2 is 1.71 bits per heavy atom. The topological polar surface area (TPSA) is 85.2 Å². The van der Waals surface area contributed by atoms with Crippen molar-refractivity contribution in [3.8, 4) is 11.4 Å². The van der Waals surface area contributed by atoms with Crippen molar-refractivity contribution in [3.63, 3.8) is 0 Å². The fourth-order valence-electron chi connectivity index (χ4n) is 3.41. The number of ether oxygens (including phenoxy) is 1. The molecule has 1 aromatic heterocycles. The third-order valence-corrected chi connectivity index (χ3v) is 6.07. The van der Waals surface area contributed by atoms with Gasteiger partial charge >= 0.3 is 0 Å². The van der Waals surface area contributed by atoms with Crippen LogP contribution >= 0.6 is 11.8 Å². The van der Waals surface area contributed by atoms with Gasteiger partial charge in [0.1, 0.15) is 5.75 Å². The molecule has 0 bridgehead atoms. The normalized spacial score (nSPS) is 10.5. The Balaban J connectivity index is 1.35. The number of benzene rings is 3. The molecule has 4 rings (SSSR count).